The van der Waals surface area contributed by atoms with Gasteiger partial charge in [-0.3, -0.25) is 0 Å². The number of halogens is 1. The van der Waals surface area contributed by atoms with Crippen molar-refractivity contribution in [3.05, 3.63) is 47.2 Å². The number of aromatic nitrogens is 2. The minimum absolute atomic E-state index is 0.165. The van der Waals surface area contributed by atoms with Crippen LogP contribution in [0, 0.1) is 0 Å². The number of carboxylic acid groups (broad SMARTS) is 1. The maximum absolute atomic E-state index is 10.6. The number of nitrogens with zero attached hydrogens (tertiary/aromatic N) is 2. The maximum atomic E-state index is 10.6. The third-order valence-corrected chi connectivity index (χ3v) is 3.02. The quantitative estimate of drug-likeness (QED) is 0.925. The Labute approximate surface area is 107 Å². The summed E-state index contributed by atoms with van der Waals surface area (Å²) < 4.78 is 0. The van der Waals surface area contributed by atoms with Gasteiger partial charge in [0.2, 0.25) is 0 Å². The number of pyridine rings is 2. The molecule has 17 heavy (non-hydrogen) atoms. The summed E-state index contributed by atoms with van der Waals surface area (Å²) in [7, 11) is 0. The van der Waals surface area contributed by atoms with Crippen molar-refractivity contribution in [3.8, 4) is 0 Å². The van der Waals surface area contributed by atoms with Gasteiger partial charge in [0.15, 0.2) is 0 Å². The first-order valence-electron chi connectivity index (χ1n) is 4.64. The Morgan fingerprint density at radius 1 is 1.12 bits per heavy atom. The molecule has 0 aromatic carbocycles. The fourth-order valence-electron chi connectivity index (χ4n) is 1.10. The monoisotopic (exact) mass is 266 g/mol. The predicted octanol–water partition coefficient (Wildman–Crippen LogP) is 2.98. The fraction of sp³-hybridized carbons (Fsp3) is 0. The van der Waals surface area contributed by atoms with Gasteiger partial charge >= 0.3 is 5.97 Å². The smallest absolute Gasteiger partial charge is 0.337 e. The Balaban J connectivity index is 2.13. The summed E-state index contributed by atoms with van der Waals surface area (Å²) in [6.07, 6.45) is 2.87. The number of hydrogen-bond donors (Lipinski definition) is 1. The van der Waals surface area contributed by atoms with Gasteiger partial charge in [0, 0.05) is 12.4 Å². The van der Waals surface area contributed by atoms with E-state index in [0.717, 1.165) is 5.03 Å². The normalized spacial score (nSPS) is 10.2. The highest BCUT2D eigenvalue weighted by molar-refractivity contribution is 7.99. The summed E-state index contributed by atoms with van der Waals surface area (Å²) in [6, 6.07) is 6.67. The summed E-state index contributed by atoms with van der Waals surface area (Å²) in [6.45, 7) is 0. The molecule has 0 saturated heterocycles. The third-order valence-electron chi connectivity index (χ3n) is 1.89. The van der Waals surface area contributed by atoms with Gasteiger partial charge in [-0.25, -0.2) is 14.8 Å². The Kier molecular flexibility index (Phi) is 3.61. The molecule has 1 N–H and O–H groups in total. The molecule has 2 heterocycles. The second kappa shape index (κ2) is 5.16. The zero-order valence-corrected chi connectivity index (χ0v) is 10.1. The van der Waals surface area contributed by atoms with E-state index in [9.17, 15) is 4.79 Å². The summed E-state index contributed by atoms with van der Waals surface area (Å²) >= 11 is 7.06. The fourth-order valence-corrected chi connectivity index (χ4v) is 1.91. The summed E-state index contributed by atoms with van der Waals surface area (Å²) in [5, 5.41) is 10.7. The van der Waals surface area contributed by atoms with Crippen LogP contribution in [0.15, 0.2) is 46.7 Å². The molecule has 0 saturated carbocycles. The van der Waals surface area contributed by atoms with Crippen LogP contribution in [0.2, 0.25) is 5.02 Å². The standard InChI is InChI=1S/C11H7ClN2O2S/c12-8-2-4-10(14-6-8)17-9-3-1-7(5-13-9)11(15)16/h1-6H,(H,15,16). The molecule has 0 fully saturated rings. The van der Waals surface area contributed by atoms with Gasteiger partial charge in [-0.1, -0.05) is 23.4 Å². The van der Waals surface area contributed by atoms with Crippen LogP contribution in [-0.2, 0) is 0 Å². The van der Waals surface area contributed by atoms with E-state index in [-0.39, 0.29) is 5.56 Å². The van der Waals surface area contributed by atoms with Crippen molar-refractivity contribution >= 4 is 29.3 Å². The van der Waals surface area contributed by atoms with E-state index in [1.165, 1.54) is 24.0 Å². The molecule has 0 amide bonds. The van der Waals surface area contributed by atoms with Gasteiger partial charge in [-0.15, -0.1) is 0 Å². The lowest BCUT2D eigenvalue weighted by molar-refractivity contribution is 0.0696. The van der Waals surface area contributed by atoms with Crippen LogP contribution < -0.4 is 0 Å². The minimum atomic E-state index is -0.987. The molecule has 0 unspecified atom stereocenters. The van der Waals surface area contributed by atoms with E-state index in [4.69, 9.17) is 16.7 Å². The van der Waals surface area contributed by atoms with E-state index in [0.29, 0.717) is 10.0 Å². The van der Waals surface area contributed by atoms with Gasteiger partial charge in [-0.2, -0.15) is 0 Å². The molecule has 0 radical (unpaired) electrons. The Morgan fingerprint density at radius 3 is 2.24 bits per heavy atom. The molecule has 0 atom stereocenters. The average molecular weight is 267 g/mol. The van der Waals surface area contributed by atoms with E-state index in [2.05, 4.69) is 9.97 Å². The Morgan fingerprint density at radius 2 is 1.76 bits per heavy atom. The van der Waals surface area contributed by atoms with Crippen molar-refractivity contribution in [1.29, 1.82) is 0 Å². The summed E-state index contributed by atoms with van der Waals surface area (Å²) in [5.41, 5.74) is 0.165. The Hall–Kier alpha value is -1.59. The highest BCUT2D eigenvalue weighted by Crippen LogP contribution is 2.24. The van der Waals surface area contributed by atoms with E-state index >= 15 is 0 Å². The number of carboxylic acids is 1. The van der Waals surface area contributed by atoms with Crippen molar-refractivity contribution < 1.29 is 9.90 Å². The van der Waals surface area contributed by atoms with Gasteiger partial charge in [0.25, 0.3) is 0 Å². The summed E-state index contributed by atoms with van der Waals surface area (Å²) in [5.74, 6) is -0.987. The Bertz CT molecular complexity index is 528. The SMILES string of the molecule is O=C(O)c1ccc(Sc2ccc(Cl)cn2)nc1. The summed E-state index contributed by atoms with van der Waals surface area (Å²) in [4.78, 5) is 18.8. The molecule has 2 aromatic rings. The molecule has 0 aliphatic rings. The first-order valence-corrected chi connectivity index (χ1v) is 5.83. The molecule has 4 nitrogen and oxygen atoms in total. The molecule has 2 rings (SSSR count). The lowest BCUT2D eigenvalue weighted by Crippen LogP contribution is -1.96. The molecule has 0 aliphatic heterocycles. The molecule has 0 spiro atoms. The number of hydrogen-bond acceptors (Lipinski definition) is 4. The number of carbonyl (C=O) groups is 1. The van der Waals surface area contributed by atoms with Crippen LogP contribution in [0.4, 0.5) is 0 Å². The second-order valence-electron chi connectivity index (χ2n) is 3.11. The second-order valence-corrected chi connectivity index (χ2v) is 4.58. The highest BCUT2D eigenvalue weighted by atomic mass is 35.5. The molecular formula is C11H7ClN2O2S. The molecule has 2 aromatic heterocycles. The lowest BCUT2D eigenvalue weighted by Gasteiger charge is -2.00. The van der Waals surface area contributed by atoms with E-state index < -0.39 is 5.97 Å². The molecular weight excluding hydrogens is 260 g/mol. The van der Waals surface area contributed by atoms with Crippen LogP contribution in [-0.4, -0.2) is 21.0 Å². The maximum Gasteiger partial charge on any atom is 0.337 e. The van der Waals surface area contributed by atoms with Crippen LogP contribution in [0.25, 0.3) is 0 Å². The molecule has 6 heteroatoms. The number of aromatic carboxylic acids is 1. The van der Waals surface area contributed by atoms with Crippen LogP contribution >= 0.6 is 23.4 Å². The largest absolute Gasteiger partial charge is 0.478 e. The average Bonchev–Trinajstić information content (AvgIpc) is 2.33. The molecule has 86 valence electrons. The first-order chi connectivity index (χ1) is 8.15. The molecule has 0 aliphatic carbocycles. The highest BCUT2D eigenvalue weighted by Gasteiger charge is 2.04. The van der Waals surface area contributed by atoms with Crippen LogP contribution in [0.3, 0.4) is 0 Å². The van der Waals surface area contributed by atoms with Crippen molar-refractivity contribution in [3.63, 3.8) is 0 Å². The molecule has 0 bridgehead atoms. The van der Waals surface area contributed by atoms with Gasteiger partial charge in [0.05, 0.1) is 10.6 Å². The zero-order valence-electron chi connectivity index (χ0n) is 8.50. The van der Waals surface area contributed by atoms with Crippen molar-refractivity contribution in [2.75, 3.05) is 0 Å². The van der Waals surface area contributed by atoms with E-state index in [1.807, 2.05) is 0 Å². The first kappa shape index (κ1) is 11.9. The predicted molar refractivity (Wildman–Crippen MR) is 64.6 cm³/mol. The van der Waals surface area contributed by atoms with E-state index in [1.54, 1.807) is 24.4 Å². The van der Waals surface area contributed by atoms with Crippen molar-refractivity contribution in [2.24, 2.45) is 0 Å². The lowest BCUT2D eigenvalue weighted by atomic mass is 10.3. The minimum Gasteiger partial charge on any atom is -0.478 e. The zero-order chi connectivity index (χ0) is 12.3. The number of rotatable bonds is 3. The topological polar surface area (TPSA) is 63.1 Å². The van der Waals surface area contributed by atoms with Crippen molar-refractivity contribution in [2.45, 2.75) is 10.1 Å². The van der Waals surface area contributed by atoms with Crippen molar-refractivity contribution in [1.82, 2.24) is 9.97 Å². The van der Waals surface area contributed by atoms with Crippen LogP contribution in [0.1, 0.15) is 10.4 Å². The van der Waals surface area contributed by atoms with Gasteiger partial charge in [0.1, 0.15) is 10.1 Å². The van der Waals surface area contributed by atoms with Crippen LogP contribution in [0.5, 0.6) is 0 Å². The third kappa shape index (κ3) is 3.18. The van der Waals surface area contributed by atoms with Gasteiger partial charge < -0.3 is 5.11 Å². The van der Waals surface area contributed by atoms with Gasteiger partial charge in [-0.05, 0) is 24.3 Å².